The highest BCUT2D eigenvalue weighted by molar-refractivity contribution is 7.98. The number of hydrogen-bond donors (Lipinski definition) is 2. The van der Waals surface area contributed by atoms with E-state index in [1.54, 1.807) is 0 Å². The summed E-state index contributed by atoms with van der Waals surface area (Å²) < 4.78 is 0. The lowest BCUT2D eigenvalue weighted by Crippen LogP contribution is -2.47. The Bertz CT molecular complexity index is 420. The number of nitrogens with zero attached hydrogens (tertiary/aromatic N) is 1. The Hall–Kier alpha value is -0.550. The maximum atomic E-state index is 10.4. The quantitative estimate of drug-likeness (QED) is 0.863. The number of benzene rings is 1. The zero-order valence-electron chi connectivity index (χ0n) is 12.0. The van der Waals surface area contributed by atoms with Crippen LogP contribution in [-0.4, -0.2) is 48.5 Å². The maximum Gasteiger partial charge on any atom is 0.0869 e. The summed E-state index contributed by atoms with van der Waals surface area (Å²) in [7, 11) is 3.97. The second-order valence-corrected chi connectivity index (χ2v) is 6.91. The van der Waals surface area contributed by atoms with E-state index >= 15 is 0 Å². The third kappa shape index (κ3) is 4.21. The van der Waals surface area contributed by atoms with Crippen molar-refractivity contribution in [1.29, 1.82) is 0 Å². The van der Waals surface area contributed by atoms with Gasteiger partial charge in [-0.05, 0) is 32.1 Å². The van der Waals surface area contributed by atoms with E-state index in [9.17, 15) is 5.11 Å². The van der Waals surface area contributed by atoms with Crippen molar-refractivity contribution in [2.45, 2.75) is 24.3 Å². The van der Waals surface area contributed by atoms with Crippen molar-refractivity contribution in [3.63, 3.8) is 0 Å². The molecular weight excluding hydrogens is 256 g/mol. The van der Waals surface area contributed by atoms with Gasteiger partial charge in [0, 0.05) is 30.6 Å². The molecule has 0 saturated heterocycles. The SMILES string of the molecule is CN(C)CC(C)(O)CNC1CSCc2ccccc21. The molecule has 106 valence electrons. The van der Waals surface area contributed by atoms with E-state index in [1.807, 2.05) is 37.7 Å². The van der Waals surface area contributed by atoms with Gasteiger partial charge in [-0.3, -0.25) is 0 Å². The van der Waals surface area contributed by atoms with Crippen molar-refractivity contribution in [3.05, 3.63) is 35.4 Å². The van der Waals surface area contributed by atoms with E-state index in [1.165, 1.54) is 11.1 Å². The maximum absolute atomic E-state index is 10.4. The van der Waals surface area contributed by atoms with Gasteiger partial charge in [-0.15, -0.1) is 0 Å². The van der Waals surface area contributed by atoms with E-state index < -0.39 is 5.60 Å². The molecule has 0 radical (unpaired) electrons. The predicted molar refractivity (Wildman–Crippen MR) is 82.5 cm³/mol. The lowest BCUT2D eigenvalue weighted by Gasteiger charge is -2.32. The molecule has 1 heterocycles. The Balaban J connectivity index is 1.98. The van der Waals surface area contributed by atoms with Gasteiger partial charge in [0.1, 0.15) is 0 Å². The molecular formula is C15H24N2OS. The normalized spacial score (nSPS) is 22.1. The van der Waals surface area contributed by atoms with Crippen molar-refractivity contribution < 1.29 is 5.11 Å². The first kappa shape index (κ1) is 14.9. The molecule has 0 aliphatic carbocycles. The Labute approximate surface area is 120 Å². The number of fused-ring (bicyclic) bond motifs is 1. The first-order valence-electron chi connectivity index (χ1n) is 6.74. The van der Waals surface area contributed by atoms with Crippen LogP contribution in [0.15, 0.2) is 24.3 Å². The summed E-state index contributed by atoms with van der Waals surface area (Å²) in [5, 5.41) is 13.9. The lowest BCUT2D eigenvalue weighted by molar-refractivity contribution is 0.0318. The number of hydrogen-bond acceptors (Lipinski definition) is 4. The van der Waals surface area contributed by atoms with Gasteiger partial charge in [0.15, 0.2) is 0 Å². The molecule has 0 amide bonds. The van der Waals surface area contributed by atoms with Crippen LogP contribution >= 0.6 is 11.8 Å². The molecule has 19 heavy (non-hydrogen) atoms. The van der Waals surface area contributed by atoms with E-state index in [2.05, 4.69) is 29.6 Å². The first-order chi connectivity index (χ1) is 8.98. The first-order valence-corrected chi connectivity index (χ1v) is 7.89. The Morgan fingerprint density at radius 3 is 2.89 bits per heavy atom. The summed E-state index contributed by atoms with van der Waals surface area (Å²) >= 11 is 1.96. The molecule has 2 rings (SSSR count). The molecule has 2 atom stereocenters. The molecule has 0 spiro atoms. The van der Waals surface area contributed by atoms with Gasteiger partial charge in [-0.25, -0.2) is 0 Å². The van der Waals surface area contributed by atoms with Crippen molar-refractivity contribution in [1.82, 2.24) is 10.2 Å². The molecule has 2 unspecified atom stereocenters. The Morgan fingerprint density at radius 2 is 2.16 bits per heavy atom. The number of aliphatic hydroxyl groups is 1. The second-order valence-electron chi connectivity index (χ2n) is 5.88. The van der Waals surface area contributed by atoms with Gasteiger partial charge in [0.25, 0.3) is 0 Å². The van der Waals surface area contributed by atoms with Crippen LogP contribution in [0, 0.1) is 0 Å². The highest BCUT2D eigenvalue weighted by Crippen LogP contribution is 2.31. The molecule has 3 nitrogen and oxygen atoms in total. The average molecular weight is 280 g/mol. The Kier molecular flexibility index (Phi) is 4.90. The molecule has 0 aromatic heterocycles. The molecule has 4 heteroatoms. The van der Waals surface area contributed by atoms with E-state index in [4.69, 9.17) is 0 Å². The zero-order chi connectivity index (χ0) is 13.9. The van der Waals surface area contributed by atoms with Crippen LogP contribution in [0.25, 0.3) is 0 Å². The third-order valence-corrected chi connectivity index (χ3v) is 4.44. The van der Waals surface area contributed by atoms with Crippen molar-refractivity contribution in [2.24, 2.45) is 0 Å². The Morgan fingerprint density at radius 1 is 1.42 bits per heavy atom. The van der Waals surface area contributed by atoms with E-state index in [0.29, 0.717) is 19.1 Å². The zero-order valence-corrected chi connectivity index (χ0v) is 12.8. The van der Waals surface area contributed by atoms with Gasteiger partial charge in [-0.2, -0.15) is 11.8 Å². The number of likely N-dealkylation sites (N-methyl/N-ethyl adjacent to an activating group) is 1. The highest BCUT2D eigenvalue weighted by Gasteiger charge is 2.25. The van der Waals surface area contributed by atoms with Crippen molar-refractivity contribution in [3.8, 4) is 0 Å². The summed E-state index contributed by atoms with van der Waals surface area (Å²) in [5.74, 6) is 2.18. The van der Waals surface area contributed by atoms with Gasteiger partial charge < -0.3 is 15.3 Å². The topological polar surface area (TPSA) is 35.5 Å². The van der Waals surface area contributed by atoms with Crippen LogP contribution in [0.1, 0.15) is 24.1 Å². The second kappa shape index (κ2) is 6.27. The summed E-state index contributed by atoms with van der Waals surface area (Å²) in [4.78, 5) is 2.02. The number of nitrogens with one attached hydrogen (secondary N) is 1. The van der Waals surface area contributed by atoms with Crippen molar-refractivity contribution >= 4 is 11.8 Å². The van der Waals surface area contributed by atoms with E-state index in [-0.39, 0.29) is 0 Å². The molecule has 1 aromatic carbocycles. The van der Waals surface area contributed by atoms with Crippen LogP contribution in [0.2, 0.25) is 0 Å². The standard InChI is InChI=1S/C15H24N2OS/c1-15(18,11-17(2)3)10-16-14-9-19-8-12-6-4-5-7-13(12)14/h4-7,14,16,18H,8-11H2,1-3H3. The van der Waals surface area contributed by atoms with Gasteiger partial charge in [0.05, 0.1) is 5.60 Å². The molecule has 1 aliphatic rings. The summed E-state index contributed by atoms with van der Waals surface area (Å²) in [5.41, 5.74) is 2.12. The smallest absolute Gasteiger partial charge is 0.0869 e. The average Bonchev–Trinajstić information content (AvgIpc) is 2.35. The molecule has 0 saturated carbocycles. The number of thioether (sulfide) groups is 1. The fraction of sp³-hybridized carbons (Fsp3) is 0.600. The lowest BCUT2D eigenvalue weighted by atomic mass is 10.0. The molecule has 2 N–H and O–H groups in total. The highest BCUT2D eigenvalue weighted by atomic mass is 32.2. The van der Waals surface area contributed by atoms with Gasteiger partial charge in [0.2, 0.25) is 0 Å². The minimum atomic E-state index is -0.694. The van der Waals surface area contributed by atoms with Crippen LogP contribution in [-0.2, 0) is 5.75 Å². The van der Waals surface area contributed by atoms with Crippen LogP contribution in [0.3, 0.4) is 0 Å². The molecule has 1 aromatic rings. The monoisotopic (exact) mass is 280 g/mol. The molecule has 0 bridgehead atoms. The van der Waals surface area contributed by atoms with Crippen LogP contribution in [0.5, 0.6) is 0 Å². The predicted octanol–water partition coefficient (Wildman–Crippen LogP) is 1.88. The fourth-order valence-corrected chi connectivity index (χ4v) is 3.76. The van der Waals surface area contributed by atoms with Gasteiger partial charge >= 0.3 is 0 Å². The minimum Gasteiger partial charge on any atom is -0.388 e. The largest absolute Gasteiger partial charge is 0.388 e. The van der Waals surface area contributed by atoms with Crippen molar-refractivity contribution in [2.75, 3.05) is 32.9 Å². The summed E-state index contributed by atoms with van der Waals surface area (Å²) in [6.07, 6.45) is 0. The third-order valence-electron chi connectivity index (χ3n) is 3.36. The van der Waals surface area contributed by atoms with Crippen LogP contribution < -0.4 is 5.32 Å². The summed E-state index contributed by atoms with van der Waals surface area (Å²) in [6.45, 7) is 3.17. The molecule has 0 fully saturated rings. The van der Waals surface area contributed by atoms with E-state index in [0.717, 1.165) is 11.5 Å². The van der Waals surface area contributed by atoms with Gasteiger partial charge in [-0.1, -0.05) is 24.3 Å². The fourth-order valence-electron chi connectivity index (χ4n) is 2.63. The minimum absolute atomic E-state index is 0.351. The number of rotatable bonds is 5. The van der Waals surface area contributed by atoms with Crippen LogP contribution in [0.4, 0.5) is 0 Å². The molecule has 1 aliphatic heterocycles. The summed E-state index contributed by atoms with van der Waals surface area (Å²) in [6, 6.07) is 8.95.